The Hall–Kier alpha value is -1.62. The zero-order valence-corrected chi connectivity index (χ0v) is 10.5. The molecule has 1 aromatic rings. The molecule has 0 bridgehead atoms. The first kappa shape index (κ1) is 13.4. The standard InChI is InChI=1S/C12H19N3O2/c1-9-4-5-11(12(15-9)17-3)8-13-6-7-14-10(2)16/h4-5,13H,6-8H2,1-3H3,(H,14,16). The van der Waals surface area contributed by atoms with Crippen LogP contribution in [0.2, 0.25) is 0 Å². The van der Waals surface area contributed by atoms with Gasteiger partial charge in [0.05, 0.1) is 7.11 Å². The molecule has 0 fully saturated rings. The number of hydrogen-bond acceptors (Lipinski definition) is 4. The second kappa shape index (κ2) is 6.85. The highest BCUT2D eigenvalue weighted by Gasteiger charge is 2.03. The van der Waals surface area contributed by atoms with E-state index in [0.29, 0.717) is 19.0 Å². The third-order valence-corrected chi connectivity index (χ3v) is 2.26. The summed E-state index contributed by atoms with van der Waals surface area (Å²) in [5, 5.41) is 5.94. The summed E-state index contributed by atoms with van der Waals surface area (Å²) in [6.07, 6.45) is 0. The zero-order valence-electron chi connectivity index (χ0n) is 10.5. The highest BCUT2D eigenvalue weighted by Crippen LogP contribution is 2.14. The van der Waals surface area contributed by atoms with Crippen LogP contribution in [0, 0.1) is 6.92 Å². The lowest BCUT2D eigenvalue weighted by atomic mass is 10.2. The molecule has 0 unspecified atom stereocenters. The summed E-state index contributed by atoms with van der Waals surface area (Å²) in [6.45, 7) is 5.45. The molecule has 0 saturated heterocycles. The summed E-state index contributed by atoms with van der Waals surface area (Å²) < 4.78 is 5.20. The van der Waals surface area contributed by atoms with Gasteiger partial charge in [-0.1, -0.05) is 6.07 Å². The number of carbonyl (C=O) groups excluding carboxylic acids is 1. The number of hydrogen-bond donors (Lipinski definition) is 2. The van der Waals surface area contributed by atoms with E-state index in [9.17, 15) is 4.79 Å². The minimum Gasteiger partial charge on any atom is -0.481 e. The van der Waals surface area contributed by atoms with E-state index in [-0.39, 0.29) is 5.91 Å². The molecule has 5 nitrogen and oxygen atoms in total. The molecule has 0 aliphatic heterocycles. The van der Waals surface area contributed by atoms with Crippen LogP contribution >= 0.6 is 0 Å². The van der Waals surface area contributed by atoms with Crippen LogP contribution in [0.5, 0.6) is 5.88 Å². The maximum Gasteiger partial charge on any atom is 0.217 e. The van der Waals surface area contributed by atoms with Crippen molar-refractivity contribution in [3.8, 4) is 5.88 Å². The summed E-state index contributed by atoms with van der Waals surface area (Å²) in [7, 11) is 1.61. The highest BCUT2D eigenvalue weighted by atomic mass is 16.5. The number of nitrogens with one attached hydrogen (secondary N) is 2. The number of pyridine rings is 1. The molecule has 5 heteroatoms. The topological polar surface area (TPSA) is 63.2 Å². The van der Waals surface area contributed by atoms with E-state index in [4.69, 9.17) is 4.74 Å². The molecule has 1 amide bonds. The van der Waals surface area contributed by atoms with Crippen molar-refractivity contribution in [1.82, 2.24) is 15.6 Å². The first-order valence-corrected chi connectivity index (χ1v) is 5.59. The van der Waals surface area contributed by atoms with Crippen LogP contribution in [0.15, 0.2) is 12.1 Å². The van der Waals surface area contributed by atoms with Gasteiger partial charge in [-0.2, -0.15) is 0 Å². The molecule has 0 atom stereocenters. The Bertz CT molecular complexity index is 380. The molecular weight excluding hydrogens is 218 g/mol. The summed E-state index contributed by atoms with van der Waals surface area (Å²) in [5.41, 5.74) is 1.95. The van der Waals surface area contributed by atoms with Crippen molar-refractivity contribution in [2.45, 2.75) is 20.4 Å². The first-order valence-electron chi connectivity index (χ1n) is 5.59. The number of aromatic nitrogens is 1. The largest absolute Gasteiger partial charge is 0.481 e. The normalized spacial score (nSPS) is 10.1. The first-order chi connectivity index (χ1) is 8.13. The summed E-state index contributed by atoms with van der Waals surface area (Å²) >= 11 is 0. The van der Waals surface area contributed by atoms with E-state index in [1.807, 2.05) is 19.1 Å². The predicted octanol–water partition coefficient (Wildman–Crippen LogP) is 0.624. The molecule has 0 spiro atoms. The lowest BCUT2D eigenvalue weighted by Crippen LogP contribution is -2.30. The van der Waals surface area contributed by atoms with Gasteiger partial charge in [0.15, 0.2) is 0 Å². The van der Waals surface area contributed by atoms with E-state index in [1.54, 1.807) is 7.11 Å². The second-order valence-electron chi connectivity index (χ2n) is 3.78. The monoisotopic (exact) mass is 237 g/mol. The van der Waals surface area contributed by atoms with E-state index < -0.39 is 0 Å². The van der Waals surface area contributed by atoms with Gasteiger partial charge in [0.2, 0.25) is 11.8 Å². The van der Waals surface area contributed by atoms with Crippen molar-refractivity contribution in [1.29, 1.82) is 0 Å². The van der Waals surface area contributed by atoms with Gasteiger partial charge in [-0.3, -0.25) is 4.79 Å². The van der Waals surface area contributed by atoms with Crippen LogP contribution in [-0.2, 0) is 11.3 Å². The molecule has 1 aromatic heterocycles. The lowest BCUT2D eigenvalue weighted by molar-refractivity contribution is -0.118. The number of aryl methyl sites for hydroxylation is 1. The van der Waals surface area contributed by atoms with E-state index >= 15 is 0 Å². The van der Waals surface area contributed by atoms with Crippen LogP contribution in [0.1, 0.15) is 18.2 Å². The van der Waals surface area contributed by atoms with Crippen molar-refractivity contribution < 1.29 is 9.53 Å². The van der Waals surface area contributed by atoms with Crippen molar-refractivity contribution >= 4 is 5.91 Å². The third kappa shape index (κ3) is 4.82. The number of rotatable bonds is 6. The Balaban J connectivity index is 2.38. The fraction of sp³-hybridized carbons (Fsp3) is 0.500. The van der Waals surface area contributed by atoms with E-state index in [2.05, 4.69) is 15.6 Å². The van der Waals surface area contributed by atoms with Crippen molar-refractivity contribution in [2.75, 3.05) is 20.2 Å². The molecular formula is C12H19N3O2. The van der Waals surface area contributed by atoms with Gasteiger partial charge < -0.3 is 15.4 Å². The molecule has 94 valence electrons. The smallest absolute Gasteiger partial charge is 0.217 e. The maximum atomic E-state index is 10.6. The van der Waals surface area contributed by atoms with E-state index in [0.717, 1.165) is 17.8 Å². The molecule has 17 heavy (non-hydrogen) atoms. The van der Waals surface area contributed by atoms with Crippen LogP contribution in [0.3, 0.4) is 0 Å². The lowest BCUT2D eigenvalue weighted by Gasteiger charge is -2.09. The average Bonchev–Trinajstić information content (AvgIpc) is 2.29. The van der Waals surface area contributed by atoms with Gasteiger partial charge in [-0.25, -0.2) is 4.98 Å². The van der Waals surface area contributed by atoms with Crippen molar-refractivity contribution in [2.24, 2.45) is 0 Å². The minimum absolute atomic E-state index is 0.0126. The molecule has 2 N–H and O–H groups in total. The van der Waals surface area contributed by atoms with Gasteiger partial charge in [-0.15, -0.1) is 0 Å². The zero-order chi connectivity index (χ0) is 12.7. The van der Waals surface area contributed by atoms with Crippen LogP contribution in [-0.4, -0.2) is 31.1 Å². The maximum absolute atomic E-state index is 10.6. The average molecular weight is 237 g/mol. The Morgan fingerprint density at radius 3 is 2.82 bits per heavy atom. The fourth-order valence-corrected chi connectivity index (χ4v) is 1.42. The van der Waals surface area contributed by atoms with Crippen LogP contribution in [0.4, 0.5) is 0 Å². The summed E-state index contributed by atoms with van der Waals surface area (Å²) in [4.78, 5) is 14.9. The fourth-order valence-electron chi connectivity index (χ4n) is 1.42. The third-order valence-electron chi connectivity index (χ3n) is 2.26. The van der Waals surface area contributed by atoms with Gasteiger partial charge in [-0.05, 0) is 13.0 Å². The molecule has 0 aliphatic rings. The van der Waals surface area contributed by atoms with Gasteiger partial charge in [0.1, 0.15) is 0 Å². The summed E-state index contributed by atoms with van der Waals surface area (Å²) in [6, 6.07) is 3.94. The number of carbonyl (C=O) groups is 1. The SMILES string of the molecule is COc1nc(C)ccc1CNCCNC(C)=O. The minimum atomic E-state index is -0.0126. The highest BCUT2D eigenvalue weighted by molar-refractivity contribution is 5.72. The number of methoxy groups -OCH3 is 1. The van der Waals surface area contributed by atoms with Crippen LogP contribution < -0.4 is 15.4 Å². The summed E-state index contributed by atoms with van der Waals surface area (Å²) in [5.74, 6) is 0.637. The quantitative estimate of drug-likeness (QED) is 0.712. The molecule has 0 aromatic carbocycles. The van der Waals surface area contributed by atoms with Crippen molar-refractivity contribution in [3.63, 3.8) is 0 Å². The Morgan fingerprint density at radius 2 is 2.18 bits per heavy atom. The Labute approximate surface area is 102 Å². The van der Waals surface area contributed by atoms with E-state index in [1.165, 1.54) is 6.92 Å². The van der Waals surface area contributed by atoms with Gasteiger partial charge in [0.25, 0.3) is 0 Å². The molecule has 1 heterocycles. The van der Waals surface area contributed by atoms with Gasteiger partial charge >= 0.3 is 0 Å². The number of nitrogens with zero attached hydrogens (tertiary/aromatic N) is 1. The molecule has 1 rings (SSSR count). The van der Waals surface area contributed by atoms with Crippen molar-refractivity contribution in [3.05, 3.63) is 23.4 Å². The Kier molecular flexibility index (Phi) is 5.42. The molecule has 0 radical (unpaired) electrons. The molecule has 0 saturated carbocycles. The predicted molar refractivity (Wildman–Crippen MR) is 65.9 cm³/mol. The Morgan fingerprint density at radius 1 is 1.41 bits per heavy atom. The van der Waals surface area contributed by atoms with Gasteiger partial charge in [0, 0.05) is 37.8 Å². The number of ether oxygens (including phenoxy) is 1. The molecule has 0 aliphatic carbocycles. The second-order valence-corrected chi connectivity index (χ2v) is 3.78. The van der Waals surface area contributed by atoms with Crippen LogP contribution in [0.25, 0.3) is 0 Å². The number of amides is 1.